The predicted octanol–water partition coefficient (Wildman–Crippen LogP) is 5.85. The van der Waals surface area contributed by atoms with Gasteiger partial charge in [0.25, 0.3) is 0 Å². The SMILES string of the molecule is COc1cc2cc(c1Cl)N(C)C(=O)C[C@H](OC(=O)[C@H](C)N(C)C(=O)CCCc1ccc(C)cc1)[C@]1(C)O[C@H]1[C@H](C)[C@@H]1C[C@@](O)(NC(=O)O1)[C@H](OC)/C=C/C=C(\C)C2. The molecule has 2 N–H and O–H groups in total. The van der Waals surface area contributed by atoms with Gasteiger partial charge in [-0.05, 0) is 70.2 Å². The van der Waals surface area contributed by atoms with E-state index in [1.165, 1.54) is 24.0 Å². The van der Waals surface area contributed by atoms with Crippen molar-refractivity contribution >= 4 is 41.2 Å². The van der Waals surface area contributed by atoms with E-state index < -0.39 is 65.7 Å². The minimum atomic E-state index is -1.83. The lowest BCUT2D eigenvalue weighted by Crippen LogP contribution is -2.63. The number of halogens is 1. The maximum absolute atomic E-state index is 14.2. The molecule has 5 rings (SSSR count). The summed E-state index contributed by atoms with van der Waals surface area (Å²) in [5, 5.41) is 14.5. The Morgan fingerprint density at radius 2 is 1.86 bits per heavy atom. The van der Waals surface area contributed by atoms with Crippen LogP contribution in [0, 0.1) is 12.8 Å². The maximum atomic E-state index is 14.2. The maximum Gasteiger partial charge on any atom is 0.409 e. The molecule has 3 heterocycles. The number of aryl methyl sites for hydroxylation is 2. The number of anilines is 1. The topological polar surface area (TPSA) is 156 Å². The Bertz CT molecular complexity index is 1880. The third kappa shape index (κ3) is 10.00. The quantitative estimate of drug-likeness (QED) is 0.233. The van der Waals surface area contributed by atoms with E-state index in [9.17, 15) is 24.3 Å². The number of hydrogen-bond acceptors (Lipinski definition) is 10. The summed E-state index contributed by atoms with van der Waals surface area (Å²) in [5.74, 6) is -1.52. The summed E-state index contributed by atoms with van der Waals surface area (Å²) in [5.41, 5.74) is 1.37. The molecule has 8 atom stereocenters. The molecule has 0 aromatic heterocycles. The zero-order valence-electron chi connectivity index (χ0n) is 34.3. The molecule has 3 amide bonds. The van der Waals surface area contributed by atoms with Gasteiger partial charge in [0.2, 0.25) is 11.8 Å². The van der Waals surface area contributed by atoms with E-state index in [2.05, 4.69) is 5.32 Å². The van der Waals surface area contributed by atoms with E-state index in [4.69, 9.17) is 35.3 Å². The highest BCUT2D eigenvalue weighted by Gasteiger charge is 2.64. The van der Waals surface area contributed by atoms with Crippen LogP contribution in [-0.2, 0) is 46.2 Å². The number of hydrogen-bond donors (Lipinski definition) is 2. The minimum absolute atomic E-state index is 0.0501. The Morgan fingerprint density at radius 3 is 2.53 bits per heavy atom. The van der Waals surface area contributed by atoms with Crippen molar-refractivity contribution in [2.75, 3.05) is 33.2 Å². The van der Waals surface area contributed by atoms with Gasteiger partial charge in [0.15, 0.2) is 5.72 Å². The van der Waals surface area contributed by atoms with E-state index in [0.717, 1.165) is 22.3 Å². The van der Waals surface area contributed by atoms with Crippen LogP contribution in [-0.4, -0.2) is 104 Å². The Labute approximate surface area is 340 Å². The zero-order valence-corrected chi connectivity index (χ0v) is 35.1. The van der Waals surface area contributed by atoms with Gasteiger partial charge < -0.3 is 38.6 Å². The van der Waals surface area contributed by atoms with Crippen molar-refractivity contribution in [3.05, 3.63) is 81.9 Å². The van der Waals surface area contributed by atoms with Gasteiger partial charge in [-0.3, -0.25) is 14.9 Å². The number of likely N-dealkylation sites (N-methyl/N-ethyl adjacent to an activating group) is 1. The first-order chi connectivity index (χ1) is 26.9. The van der Waals surface area contributed by atoms with Gasteiger partial charge in [-0.15, -0.1) is 0 Å². The van der Waals surface area contributed by atoms with E-state index in [0.29, 0.717) is 30.7 Å². The number of amides is 3. The Hall–Kier alpha value is -4.43. The normalized spacial score (nSPS) is 29.8. The molecule has 310 valence electrons. The fourth-order valence-electron chi connectivity index (χ4n) is 7.59. The van der Waals surface area contributed by atoms with Crippen molar-refractivity contribution in [1.29, 1.82) is 0 Å². The smallest absolute Gasteiger partial charge is 0.409 e. The number of ether oxygens (including phenoxy) is 5. The highest BCUT2D eigenvalue weighted by atomic mass is 35.5. The largest absolute Gasteiger partial charge is 0.495 e. The van der Waals surface area contributed by atoms with Crippen LogP contribution in [0.1, 0.15) is 70.1 Å². The highest BCUT2D eigenvalue weighted by Crippen LogP contribution is 2.49. The molecule has 2 fully saturated rings. The fourth-order valence-corrected chi connectivity index (χ4v) is 7.91. The number of methoxy groups -OCH3 is 2. The summed E-state index contributed by atoms with van der Waals surface area (Å²) in [6, 6.07) is 10.8. The van der Waals surface area contributed by atoms with Crippen molar-refractivity contribution in [1.82, 2.24) is 10.2 Å². The van der Waals surface area contributed by atoms with Crippen LogP contribution >= 0.6 is 11.6 Å². The lowest BCUT2D eigenvalue weighted by atomic mass is 9.83. The van der Waals surface area contributed by atoms with Crippen molar-refractivity contribution < 1.29 is 48.0 Å². The van der Waals surface area contributed by atoms with Crippen LogP contribution in [0.4, 0.5) is 10.5 Å². The molecule has 2 saturated heterocycles. The number of carbonyl (C=O) groups is 4. The molecule has 57 heavy (non-hydrogen) atoms. The summed E-state index contributed by atoms with van der Waals surface area (Å²) in [6.07, 6.45) is 2.50. The van der Waals surface area contributed by atoms with Crippen LogP contribution in [0.5, 0.6) is 5.75 Å². The van der Waals surface area contributed by atoms with Gasteiger partial charge in [-0.25, -0.2) is 9.59 Å². The molecule has 4 bridgehead atoms. The third-order valence-corrected chi connectivity index (χ3v) is 11.9. The molecule has 0 aliphatic carbocycles. The number of carbonyl (C=O) groups excluding carboxylic acids is 4. The van der Waals surface area contributed by atoms with Crippen LogP contribution in [0.3, 0.4) is 0 Å². The standard InChI is InChI=1S/C43H56ClN3O10/c1-25-16-18-29(19-17-25)13-11-15-36(48)46(6)28(4)40(50)56-35-23-37(49)47(7)31-21-30(22-32(53-8)38(31)44)20-26(2)12-10-14-34(54-9)43(52)24-33(55-41(51)45-43)27(3)39-42(35,5)57-39/h10,12,14,16-19,21-22,27-28,33-35,39,52H,11,13,15,20,23-24H2,1-9H3,(H,45,51)/b14-10+,26-12+/t27-,28+,33+,34-,35+,39+,42+,43+/m1/s1. The summed E-state index contributed by atoms with van der Waals surface area (Å²) in [4.78, 5) is 57.0. The second kappa shape index (κ2) is 18.0. The van der Waals surface area contributed by atoms with Crippen molar-refractivity contribution in [3.63, 3.8) is 0 Å². The predicted molar refractivity (Wildman–Crippen MR) is 215 cm³/mol. The van der Waals surface area contributed by atoms with Crippen molar-refractivity contribution in [2.45, 2.75) is 115 Å². The Balaban J connectivity index is 1.44. The fraction of sp³-hybridized carbons (Fsp3) is 0.535. The molecule has 0 spiro atoms. The molecule has 2 aromatic rings. The van der Waals surface area contributed by atoms with E-state index in [1.54, 1.807) is 52.2 Å². The first kappa shape index (κ1) is 43.7. The Morgan fingerprint density at radius 1 is 1.16 bits per heavy atom. The number of epoxide rings is 1. The van der Waals surface area contributed by atoms with Gasteiger partial charge in [-0.1, -0.05) is 72.2 Å². The third-order valence-electron chi connectivity index (χ3n) is 11.5. The average Bonchev–Trinajstić information content (AvgIpc) is 3.87. The van der Waals surface area contributed by atoms with Crippen LogP contribution < -0.4 is 15.0 Å². The number of allylic oxidation sites excluding steroid dienone is 3. The van der Waals surface area contributed by atoms with Gasteiger partial charge >= 0.3 is 12.1 Å². The van der Waals surface area contributed by atoms with Crippen LogP contribution in [0.25, 0.3) is 0 Å². The summed E-state index contributed by atoms with van der Waals surface area (Å²) < 4.78 is 29.4. The lowest BCUT2D eigenvalue weighted by Gasteiger charge is -2.42. The second-order valence-electron chi connectivity index (χ2n) is 15.7. The number of alkyl carbamates (subject to hydrolysis) is 1. The molecule has 3 aliphatic rings. The van der Waals surface area contributed by atoms with Gasteiger partial charge in [0.1, 0.15) is 40.7 Å². The summed E-state index contributed by atoms with van der Waals surface area (Å²) >= 11 is 6.79. The molecule has 0 unspecified atom stereocenters. The van der Waals surface area contributed by atoms with E-state index in [1.807, 2.05) is 51.1 Å². The molecule has 2 aromatic carbocycles. The van der Waals surface area contributed by atoms with Crippen LogP contribution in [0.15, 0.2) is 60.2 Å². The molecular formula is C43H56ClN3O10. The summed E-state index contributed by atoms with van der Waals surface area (Å²) in [7, 11) is 6.07. The number of nitrogens with one attached hydrogen (secondary N) is 1. The van der Waals surface area contributed by atoms with Gasteiger partial charge in [0.05, 0.1) is 25.3 Å². The molecular weight excluding hydrogens is 754 g/mol. The minimum Gasteiger partial charge on any atom is -0.495 e. The lowest BCUT2D eigenvalue weighted by molar-refractivity contribution is -0.162. The highest BCUT2D eigenvalue weighted by molar-refractivity contribution is 6.35. The monoisotopic (exact) mass is 809 g/mol. The molecule has 3 aliphatic heterocycles. The summed E-state index contributed by atoms with van der Waals surface area (Å²) in [6.45, 7) is 9.06. The number of fused-ring (bicyclic) bond motifs is 5. The molecule has 13 nitrogen and oxygen atoms in total. The Kier molecular flexibility index (Phi) is 13.8. The second-order valence-corrected chi connectivity index (χ2v) is 16.1. The van der Waals surface area contributed by atoms with Crippen molar-refractivity contribution in [2.24, 2.45) is 5.92 Å². The number of rotatable bonds is 9. The first-order valence-electron chi connectivity index (χ1n) is 19.3. The van der Waals surface area contributed by atoms with Crippen molar-refractivity contribution in [3.8, 4) is 5.75 Å². The van der Waals surface area contributed by atoms with Gasteiger partial charge in [-0.2, -0.15) is 0 Å². The number of nitrogens with zero attached hydrogens (tertiary/aromatic N) is 2. The average molecular weight is 810 g/mol. The molecule has 0 radical (unpaired) electrons. The number of benzene rings is 2. The molecule has 0 saturated carbocycles. The molecule has 14 heteroatoms. The van der Waals surface area contributed by atoms with E-state index >= 15 is 0 Å². The number of esters is 1. The first-order valence-corrected chi connectivity index (χ1v) is 19.7. The van der Waals surface area contributed by atoms with E-state index in [-0.39, 0.29) is 30.2 Å². The zero-order chi connectivity index (χ0) is 41.8. The van der Waals surface area contributed by atoms with Gasteiger partial charge in [0, 0.05) is 40.0 Å². The number of aliphatic hydroxyl groups is 1. The van der Waals surface area contributed by atoms with Crippen LogP contribution in [0.2, 0.25) is 5.02 Å².